The molecule has 2 fully saturated rings. The highest BCUT2D eigenvalue weighted by Crippen LogP contribution is 2.26. The largest absolute Gasteiger partial charge is 0.355 e. The van der Waals surface area contributed by atoms with Gasteiger partial charge in [0.25, 0.3) is 0 Å². The number of nitrogens with two attached hydrogens (primary N) is 1. The average molecular weight is 264 g/mol. The van der Waals surface area contributed by atoms with Gasteiger partial charge in [-0.25, -0.2) is 9.37 Å². The van der Waals surface area contributed by atoms with Crippen molar-refractivity contribution in [1.29, 1.82) is 0 Å². The van der Waals surface area contributed by atoms with Gasteiger partial charge in [0.15, 0.2) is 0 Å². The first kappa shape index (κ1) is 12.8. The highest BCUT2D eigenvalue weighted by Gasteiger charge is 2.30. The van der Waals surface area contributed by atoms with Crippen LogP contribution in [0.15, 0.2) is 12.3 Å². The minimum absolute atomic E-state index is 0.306. The predicted octanol–water partition coefficient (Wildman–Crippen LogP) is 1.35. The van der Waals surface area contributed by atoms with Crippen molar-refractivity contribution in [1.82, 2.24) is 9.88 Å². The Morgan fingerprint density at radius 1 is 1.32 bits per heavy atom. The maximum absolute atomic E-state index is 13.2. The number of rotatable bonds is 3. The zero-order chi connectivity index (χ0) is 13.2. The molecule has 0 aliphatic carbocycles. The van der Waals surface area contributed by atoms with Crippen LogP contribution in [0.5, 0.6) is 0 Å². The Morgan fingerprint density at radius 3 is 2.84 bits per heavy atom. The van der Waals surface area contributed by atoms with E-state index in [9.17, 15) is 4.39 Å². The number of likely N-dealkylation sites (tertiary alicyclic amines) is 1. The van der Waals surface area contributed by atoms with Crippen molar-refractivity contribution in [2.24, 2.45) is 5.73 Å². The maximum Gasteiger partial charge on any atom is 0.141 e. The van der Waals surface area contributed by atoms with E-state index in [0.717, 1.165) is 24.5 Å². The first-order valence-electron chi connectivity index (χ1n) is 7.11. The Bertz CT molecular complexity index is 445. The van der Waals surface area contributed by atoms with Crippen LogP contribution in [0.1, 0.15) is 24.8 Å². The second kappa shape index (κ2) is 5.43. The van der Waals surface area contributed by atoms with Gasteiger partial charge in [-0.15, -0.1) is 0 Å². The van der Waals surface area contributed by atoms with E-state index in [1.165, 1.54) is 44.6 Å². The molecule has 0 bridgehead atoms. The third kappa shape index (κ3) is 2.58. The maximum atomic E-state index is 13.2. The highest BCUT2D eigenvalue weighted by atomic mass is 19.1. The number of hydrogen-bond acceptors (Lipinski definition) is 4. The van der Waals surface area contributed by atoms with Gasteiger partial charge in [-0.1, -0.05) is 0 Å². The zero-order valence-electron chi connectivity index (χ0n) is 11.2. The molecule has 3 heterocycles. The molecule has 0 aromatic carbocycles. The minimum atomic E-state index is -0.306. The Hall–Kier alpha value is -1.20. The third-order valence-electron chi connectivity index (χ3n) is 4.25. The van der Waals surface area contributed by atoms with Crippen LogP contribution in [-0.4, -0.2) is 42.1 Å². The molecule has 2 N–H and O–H groups in total. The van der Waals surface area contributed by atoms with E-state index in [-0.39, 0.29) is 5.82 Å². The van der Waals surface area contributed by atoms with E-state index in [1.807, 2.05) is 0 Å². The highest BCUT2D eigenvalue weighted by molar-refractivity contribution is 5.48. The van der Waals surface area contributed by atoms with Gasteiger partial charge in [0.2, 0.25) is 0 Å². The van der Waals surface area contributed by atoms with Crippen molar-refractivity contribution < 1.29 is 4.39 Å². The van der Waals surface area contributed by atoms with Crippen molar-refractivity contribution >= 4 is 5.82 Å². The Kier molecular flexibility index (Phi) is 3.66. The van der Waals surface area contributed by atoms with E-state index in [0.29, 0.717) is 12.6 Å². The van der Waals surface area contributed by atoms with Gasteiger partial charge in [0.05, 0.1) is 6.20 Å². The standard InChI is InChI=1S/C14H21FN4/c15-12-7-11(8-16)14(17-9-12)19-6-3-13(10-19)18-4-1-2-5-18/h7,9,13H,1-6,8,10,16H2. The van der Waals surface area contributed by atoms with E-state index < -0.39 is 0 Å². The van der Waals surface area contributed by atoms with Crippen LogP contribution >= 0.6 is 0 Å². The number of nitrogens with zero attached hydrogens (tertiary/aromatic N) is 3. The lowest BCUT2D eigenvalue weighted by Gasteiger charge is -2.24. The third-order valence-corrected chi connectivity index (χ3v) is 4.25. The zero-order valence-corrected chi connectivity index (χ0v) is 11.2. The summed E-state index contributed by atoms with van der Waals surface area (Å²) in [6.45, 7) is 4.77. The second-order valence-electron chi connectivity index (χ2n) is 5.47. The van der Waals surface area contributed by atoms with Crippen LogP contribution in [0.2, 0.25) is 0 Å². The van der Waals surface area contributed by atoms with Gasteiger partial charge in [-0.2, -0.15) is 0 Å². The van der Waals surface area contributed by atoms with Crippen molar-refractivity contribution in [3.63, 3.8) is 0 Å². The first-order chi connectivity index (χ1) is 9.28. The van der Waals surface area contributed by atoms with E-state index in [4.69, 9.17) is 5.73 Å². The molecule has 2 aliphatic heterocycles. The summed E-state index contributed by atoms with van der Waals surface area (Å²) in [6, 6.07) is 2.13. The van der Waals surface area contributed by atoms with Crippen LogP contribution < -0.4 is 10.6 Å². The molecule has 0 radical (unpaired) electrons. The smallest absolute Gasteiger partial charge is 0.141 e. The summed E-state index contributed by atoms with van der Waals surface area (Å²) in [4.78, 5) is 9.07. The van der Waals surface area contributed by atoms with Gasteiger partial charge in [0, 0.05) is 31.2 Å². The molecule has 1 aromatic heterocycles. The van der Waals surface area contributed by atoms with Crippen LogP contribution in [0.25, 0.3) is 0 Å². The molecule has 1 aromatic rings. The molecule has 1 atom stereocenters. The van der Waals surface area contributed by atoms with E-state index in [1.54, 1.807) is 0 Å². The molecule has 5 heteroatoms. The van der Waals surface area contributed by atoms with Crippen LogP contribution in [0.4, 0.5) is 10.2 Å². The van der Waals surface area contributed by atoms with Crippen LogP contribution in [-0.2, 0) is 6.54 Å². The molecule has 1 unspecified atom stereocenters. The SMILES string of the molecule is NCc1cc(F)cnc1N1CCC(N2CCCC2)C1. The Morgan fingerprint density at radius 2 is 2.11 bits per heavy atom. The van der Waals surface area contributed by atoms with E-state index >= 15 is 0 Å². The molecule has 2 saturated heterocycles. The fraction of sp³-hybridized carbons (Fsp3) is 0.643. The lowest BCUT2D eigenvalue weighted by molar-refractivity contribution is 0.260. The molecule has 0 amide bonds. The number of anilines is 1. The van der Waals surface area contributed by atoms with Gasteiger partial charge in [0.1, 0.15) is 11.6 Å². The van der Waals surface area contributed by atoms with Crippen molar-refractivity contribution in [2.75, 3.05) is 31.1 Å². The number of pyridine rings is 1. The molecule has 0 spiro atoms. The summed E-state index contributed by atoms with van der Waals surface area (Å²) in [6.07, 6.45) is 5.10. The molecule has 0 saturated carbocycles. The van der Waals surface area contributed by atoms with Gasteiger partial charge in [-0.05, 0) is 38.4 Å². The van der Waals surface area contributed by atoms with Gasteiger partial charge >= 0.3 is 0 Å². The summed E-state index contributed by atoms with van der Waals surface area (Å²) >= 11 is 0. The summed E-state index contributed by atoms with van der Waals surface area (Å²) in [5.41, 5.74) is 6.51. The van der Waals surface area contributed by atoms with Crippen LogP contribution in [0, 0.1) is 5.82 Å². The Labute approximate surface area is 113 Å². The second-order valence-corrected chi connectivity index (χ2v) is 5.47. The molecular formula is C14H21FN4. The molecule has 2 aliphatic rings. The van der Waals surface area contributed by atoms with Crippen molar-refractivity contribution in [3.05, 3.63) is 23.6 Å². The summed E-state index contributed by atoms with van der Waals surface area (Å²) in [5.74, 6) is 0.560. The fourth-order valence-corrected chi connectivity index (χ4v) is 3.25. The summed E-state index contributed by atoms with van der Waals surface area (Å²) < 4.78 is 13.2. The average Bonchev–Trinajstić information content (AvgIpc) is 3.09. The number of halogens is 1. The first-order valence-corrected chi connectivity index (χ1v) is 7.11. The topological polar surface area (TPSA) is 45.4 Å². The molecule has 19 heavy (non-hydrogen) atoms. The van der Waals surface area contributed by atoms with E-state index in [2.05, 4.69) is 14.8 Å². The summed E-state index contributed by atoms with van der Waals surface area (Å²) in [7, 11) is 0. The molecule has 104 valence electrons. The molecule has 4 nitrogen and oxygen atoms in total. The van der Waals surface area contributed by atoms with Crippen LogP contribution in [0.3, 0.4) is 0 Å². The lowest BCUT2D eigenvalue weighted by Crippen LogP contribution is -2.35. The number of aromatic nitrogens is 1. The molecular weight excluding hydrogens is 243 g/mol. The van der Waals surface area contributed by atoms with Crippen molar-refractivity contribution in [2.45, 2.75) is 31.8 Å². The monoisotopic (exact) mass is 264 g/mol. The fourth-order valence-electron chi connectivity index (χ4n) is 3.25. The normalized spacial score (nSPS) is 24.3. The van der Waals surface area contributed by atoms with Gasteiger partial charge < -0.3 is 10.6 Å². The number of hydrogen-bond donors (Lipinski definition) is 1. The quantitative estimate of drug-likeness (QED) is 0.895. The van der Waals surface area contributed by atoms with Crippen molar-refractivity contribution in [3.8, 4) is 0 Å². The Balaban J connectivity index is 1.73. The lowest BCUT2D eigenvalue weighted by atomic mass is 10.2. The minimum Gasteiger partial charge on any atom is -0.355 e. The summed E-state index contributed by atoms with van der Waals surface area (Å²) in [5, 5.41) is 0. The predicted molar refractivity (Wildman–Crippen MR) is 73.5 cm³/mol. The van der Waals surface area contributed by atoms with Gasteiger partial charge in [-0.3, -0.25) is 4.90 Å². The molecule has 3 rings (SSSR count).